The summed E-state index contributed by atoms with van der Waals surface area (Å²) >= 11 is 5.62. The van der Waals surface area contributed by atoms with Crippen molar-refractivity contribution >= 4 is 17.5 Å². The van der Waals surface area contributed by atoms with Crippen LogP contribution in [-0.4, -0.2) is 24.7 Å². The van der Waals surface area contributed by atoms with Crippen molar-refractivity contribution in [1.29, 1.82) is 0 Å². The highest BCUT2D eigenvalue weighted by Gasteiger charge is 2.05. The van der Waals surface area contributed by atoms with Crippen LogP contribution in [0.3, 0.4) is 0 Å². The van der Waals surface area contributed by atoms with Crippen LogP contribution in [-0.2, 0) is 0 Å². The smallest absolute Gasteiger partial charge is 0.256 e. The second-order valence-electron chi connectivity index (χ2n) is 2.72. The van der Waals surface area contributed by atoms with E-state index in [0.29, 0.717) is 5.95 Å². The molecule has 0 fully saturated rings. The van der Waals surface area contributed by atoms with Crippen LogP contribution in [0.15, 0.2) is 12.4 Å². The molecule has 0 aliphatic rings. The number of anilines is 1. The van der Waals surface area contributed by atoms with Crippen LogP contribution >= 0.6 is 11.6 Å². The number of nitrogens with zero attached hydrogens (tertiary/aromatic N) is 5. The highest BCUT2D eigenvalue weighted by Crippen LogP contribution is 2.07. The second-order valence-corrected chi connectivity index (χ2v) is 3.06. The third-order valence-electron chi connectivity index (χ3n) is 1.53. The van der Waals surface area contributed by atoms with E-state index < -0.39 is 0 Å². The van der Waals surface area contributed by atoms with E-state index in [9.17, 15) is 0 Å². The number of nitrogen functional groups attached to an aromatic ring is 1. The molecule has 0 spiro atoms. The average Bonchev–Trinajstić information content (AvgIpc) is 2.50. The largest absolute Gasteiger partial charge is 0.368 e. The Hall–Kier alpha value is -1.69. The third-order valence-corrected chi connectivity index (χ3v) is 1.70. The summed E-state index contributed by atoms with van der Waals surface area (Å²) in [5, 5.41) is 4.07. The van der Waals surface area contributed by atoms with Gasteiger partial charge in [0.05, 0.1) is 6.20 Å². The normalized spacial score (nSPS) is 10.4. The zero-order valence-electron chi connectivity index (χ0n) is 7.35. The summed E-state index contributed by atoms with van der Waals surface area (Å²) < 4.78 is 1.49. The molecular formula is C7H7ClN6. The standard InChI is InChI=1S/C7H7ClN6/c1-4-2-10-14(3-4)7-12-5(8)11-6(9)13-7/h2-3H,1H3,(H2,9,11,12,13). The molecule has 0 atom stereocenters. The van der Waals surface area contributed by atoms with E-state index in [1.54, 1.807) is 12.4 Å². The van der Waals surface area contributed by atoms with Crippen molar-refractivity contribution in [2.75, 3.05) is 5.73 Å². The van der Waals surface area contributed by atoms with Crippen molar-refractivity contribution in [1.82, 2.24) is 24.7 Å². The van der Waals surface area contributed by atoms with Crippen molar-refractivity contribution < 1.29 is 0 Å². The number of rotatable bonds is 1. The molecule has 0 saturated carbocycles. The first-order valence-corrected chi connectivity index (χ1v) is 4.21. The van der Waals surface area contributed by atoms with Crippen molar-refractivity contribution in [2.45, 2.75) is 6.92 Å². The molecule has 0 aliphatic carbocycles. The lowest BCUT2D eigenvalue weighted by Gasteiger charge is -1.99. The number of aryl methyl sites for hydroxylation is 1. The highest BCUT2D eigenvalue weighted by atomic mass is 35.5. The zero-order chi connectivity index (χ0) is 10.1. The van der Waals surface area contributed by atoms with Gasteiger partial charge in [0, 0.05) is 6.20 Å². The summed E-state index contributed by atoms with van der Waals surface area (Å²) in [6, 6.07) is 0. The predicted molar refractivity (Wildman–Crippen MR) is 51.1 cm³/mol. The van der Waals surface area contributed by atoms with E-state index in [-0.39, 0.29) is 11.2 Å². The van der Waals surface area contributed by atoms with Gasteiger partial charge in [-0.2, -0.15) is 20.1 Å². The molecule has 14 heavy (non-hydrogen) atoms. The Balaban J connectivity index is 2.51. The molecule has 2 heterocycles. The van der Waals surface area contributed by atoms with Crippen LogP contribution in [0, 0.1) is 6.92 Å². The predicted octanol–water partition coefficient (Wildman–Crippen LogP) is 0.601. The molecule has 0 radical (unpaired) electrons. The van der Waals surface area contributed by atoms with E-state index >= 15 is 0 Å². The van der Waals surface area contributed by atoms with Crippen LogP contribution in [0.2, 0.25) is 5.28 Å². The fourth-order valence-corrected chi connectivity index (χ4v) is 1.14. The van der Waals surface area contributed by atoms with Crippen molar-refractivity contribution in [3.05, 3.63) is 23.2 Å². The number of hydrogen-bond acceptors (Lipinski definition) is 5. The van der Waals surface area contributed by atoms with Gasteiger partial charge in [-0.15, -0.1) is 0 Å². The Morgan fingerprint density at radius 2 is 2.14 bits per heavy atom. The summed E-state index contributed by atoms with van der Waals surface area (Å²) in [4.78, 5) is 11.4. The zero-order valence-corrected chi connectivity index (χ0v) is 8.10. The Morgan fingerprint density at radius 3 is 2.71 bits per heavy atom. The van der Waals surface area contributed by atoms with Crippen LogP contribution in [0.4, 0.5) is 5.95 Å². The summed E-state index contributed by atoms with van der Waals surface area (Å²) in [7, 11) is 0. The van der Waals surface area contributed by atoms with Gasteiger partial charge in [-0.3, -0.25) is 0 Å². The molecule has 0 aliphatic heterocycles. The SMILES string of the molecule is Cc1cnn(-c2nc(N)nc(Cl)n2)c1. The molecule has 0 unspecified atom stereocenters. The Labute approximate surface area is 84.8 Å². The van der Waals surface area contributed by atoms with Gasteiger partial charge in [-0.1, -0.05) is 0 Å². The average molecular weight is 211 g/mol. The monoisotopic (exact) mass is 210 g/mol. The summed E-state index contributed by atoms with van der Waals surface area (Å²) in [5.41, 5.74) is 6.42. The lowest BCUT2D eigenvalue weighted by molar-refractivity contribution is 0.798. The van der Waals surface area contributed by atoms with E-state index in [2.05, 4.69) is 20.1 Å². The molecule has 72 valence electrons. The Morgan fingerprint density at radius 1 is 1.36 bits per heavy atom. The van der Waals surface area contributed by atoms with Gasteiger partial charge < -0.3 is 5.73 Å². The number of aromatic nitrogens is 5. The molecule has 0 saturated heterocycles. The number of hydrogen-bond donors (Lipinski definition) is 1. The van der Waals surface area contributed by atoms with Crippen LogP contribution in [0.1, 0.15) is 5.56 Å². The van der Waals surface area contributed by atoms with Crippen LogP contribution < -0.4 is 5.73 Å². The lowest BCUT2D eigenvalue weighted by Crippen LogP contribution is -2.06. The van der Waals surface area contributed by atoms with Crippen molar-refractivity contribution in [3.63, 3.8) is 0 Å². The first kappa shape index (κ1) is 8.89. The summed E-state index contributed by atoms with van der Waals surface area (Å²) in [6.07, 6.45) is 3.46. The van der Waals surface area contributed by atoms with Gasteiger partial charge in [-0.05, 0) is 24.1 Å². The molecule has 6 nitrogen and oxygen atoms in total. The third kappa shape index (κ3) is 1.64. The summed E-state index contributed by atoms with van der Waals surface area (Å²) in [5.74, 6) is 0.392. The van der Waals surface area contributed by atoms with Crippen molar-refractivity contribution in [3.8, 4) is 5.95 Å². The van der Waals surface area contributed by atoms with Crippen LogP contribution in [0.5, 0.6) is 0 Å². The maximum absolute atomic E-state index is 5.62. The van der Waals surface area contributed by atoms with Gasteiger partial charge in [-0.25, -0.2) is 4.68 Å². The van der Waals surface area contributed by atoms with Gasteiger partial charge in [0.15, 0.2) is 0 Å². The Bertz CT molecular complexity index is 445. The molecule has 0 bridgehead atoms. The maximum atomic E-state index is 5.62. The fraction of sp³-hybridized carbons (Fsp3) is 0.143. The van der Waals surface area contributed by atoms with Crippen molar-refractivity contribution in [2.24, 2.45) is 0 Å². The van der Waals surface area contributed by atoms with Gasteiger partial charge >= 0.3 is 0 Å². The Kier molecular flexibility index (Phi) is 2.05. The van der Waals surface area contributed by atoms with Crippen LogP contribution in [0.25, 0.3) is 5.95 Å². The number of halogens is 1. The summed E-state index contributed by atoms with van der Waals surface area (Å²) in [6.45, 7) is 1.91. The topological polar surface area (TPSA) is 82.5 Å². The number of nitrogens with two attached hydrogens (primary N) is 1. The van der Waals surface area contributed by atoms with E-state index in [1.165, 1.54) is 4.68 Å². The quantitative estimate of drug-likeness (QED) is 0.745. The van der Waals surface area contributed by atoms with E-state index in [1.807, 2.05) is 6.92 Å². The molecule has 0 aromatic carbocycles. The fourth-order valence-electron chi connectivity index (χ4n) is 0.979. The lowest BCUT2D eigenvalue weighted by atomic mass is 10.4. The minimum absolute atomic E-state index is 0.0562. The van der Waals surface area contributed by atoms with Gasteiger partial charge in [0.2, 0.25) is 11.2 Å². The molecule has 2 N–H and O–H groups in total. The highest BCUT2D eigenvalue weighted by molar-refractivity contribution is 6.28. The molecule has 0 amide bonds. The second kappa shape index (κ2) is 3.22. The molecule has 2 aromatic rings. The first-order valence-electron chi connectivity index (χ1n) is 3.84. The van der Waals surface area contributed by atoms with Gasteiger partial charge in [0.25, 0.3) is 5.95 Å². The first-order chi connectivity index (χ1) is 6.65. The molecular weight excluding hydrogens is 204 g/mol. The molecule has 2 rings (SSSR count). The molecule has 7 heteroatoms. The maximum Gasteiger partial charge on any atom is 0.256 e. The minimum Gasteiger partial charge on any atom is -0.368 e. The van der Waals surface area contributed by atoms with E-state index in [0.717, 1.165) is 5.56 Å². The van der Waals surface area contributed by atoms with E-state index in [4.69, 9.17) is 17.3 Å². The van der Waals surface area contributed by atoms with Gasteiger partial charge in [0.1, 0.15) is 0 Å². The molecule has 2 aromatic heterocycles. The minimum atomic E-state index is 0.0562.